The monoisotopic (exact) mass is 391 g/mol. The Morgan fingerprint density at radius 1 is 1.18 bits per heavy atom. The number of rotatable bonds is 6. The molecule has 1 aromatic heterocycles. The highest BCUT2D eigenvalue weighted by Crippen LogP contribution is 2.14. The van der Waals surface area contributed by atoms with E-state index in [0.717, 1.165) is 64.6 Å². The predicted octanol–water partition coefficient (Wildman–Crippen LogP) is 0.909. The number of nitrogens with zero attached hydrogens (tertiary/aromatic N) is 4. The van der Waals surface area contributed by atoms with Crippen molar-refractivity contribution in [1.82, 2.24) is 20.0 Å². The van der Waals surface area contributed by atoms with Crippen molar-refractivity contribution >= 4 is 11.9 Å². The molecule has 3 rings (SSSR count). The maximum absolute atomic E-state index is 12.5. The summed E-state index contributed by atoms with van der Waals surface area (Å²) in [4.78, 5) is 23.5. The summed E-state index contributed by atoms with van der Waals surface area (Å²) in [7, 11) is 0. The number of carbonyl (C=O) groups excluding carboxylic acids is 1. The number of amides is 1. The lowest BCUT2D eigenvalue weighted by molar-refractivity contribution is -0.133. The molecule has 2 fully saturated rings. The summed E-state index contributed by atoms with van der Waals surface area (Å²) in [5.74, 6) is 1.59. The van der Waals surface area contributed by atoms with Gasteiger partial charge in [-0.2, -0.15) is 0 Å². The van der Waals surface area contributed by atoms with Gasteiger partial charge in [0.1, 0.15) is 11.9 Å². The van der Waals surface area contributed by atoms with Crippen molar-refractivity contribution in [2.45, 2.75) is 32.3 Å². The molecule has 28 heavy (non-hydrogen) atoms. The highest BCUT2D eigenvalue weighted by molar-refractivity contribution is 5.80. The fourth-order valence-corrected chi connectivity index (χ4v) is 3.72. The largest absolute Gasteiger partial charge is 0.467 e. The third-order valence-electron chi connectivity index (χ3n) is 5.36. The fourth-order valence-electron chi connectivity index (χ4n) is 3.72. The third-order valence-corrected chi connectivity index (χ3v) is 5.36. The van der Waals surface area contributed by atoms with E-state index in [1.807, 2.05) is 11.8 Å². The van der Waals surface area contributed by atoms with Crippen LogP contribution in [0.5, 0.6) is 0 Å². The molecule has 0 saturated carbocycles. The summed E-state index contributed by atoms with van der Waals surface area (Å²) in [6.45, 7) is 8.70. The van der Waals surface area contributed by atoms with Crippen LogP contribution >= 0.6 is 0 Å². The average molecular weight is 392 g/mol. The van der Waals surface area contributed by atoms with Crippen molar-refractivity contribution in [3.05, 3.63) is 24.2 Å². The third kappa shape index (κ3) is 5.72. The SMILES string of the molecule is CCNC(=NCC(O)c1ccco1)N1CCN(CC(=O)N2CCCCC2)CC1. The van der Waals surface area contributed by atoms with Crippen molar-refractivity contribution in [2.75, 3.05) is 58.9 Å². The molecule has 1 atom stereocenters. The number of nitrogens with one attached hydrogen (secondary N) is 1. The van der Waals surface area contributed by atoms with Gasteiger partial charge in [-0.05, 0) is 38.3 Å². The van der Waals surface area contributed by atoms with Gasteiger partial charge in [-0.3, -0.25) is 9.69 Å². The standard InChI is InChI=1S/C20H33N5O3/c1-2-21-20(22-15-17(26)18-7-6-14-28-18)25-12-10-23(11-13-25)16-19(27)24-8-4-3-5-9-24/h6-7,14,17,26H,2-5,8-13,15-16H2,1H3,(H,21,22). The van der Waals surface area contributed by atoms with E-state index in [2.05, 4.69) is 20.1 Å². The molecular weight excluding hydrogens is 358 g/mol. The van der Waals surface area contributed by atoms with Crippen LogP contribution in [0.15, 0.2) is 27.8 Å². The zero-order valence-corrected chi connectivity index (χ0v) is 16.8. The lowest BCUT2D eigenvalue weighted by Gasteiger charge is -2.37. The zero-order valence-electron chi connectivity index (χ0n) is 16.8. The Morgan fingerprint density at radius 2 is 1.93 bits per heavy atom. The molecule has 0 radical (unpaired) electrons. The van der Waals surface area contributed by atoms with Crippen molar-refractivity contribution in [3.8, 4) is 0 Å². The second-order valence-corrected chi connectivity index (χ2v) is 7.43. The molecule has 1 aromatic rings. The number of piperazine rings is 1. The number of hydrogen-bond acceptors (Lipinski definition) is 5. The minimum Gasteiger partial charge on any atom is -0.467 e. The highest BCUT2D eigenvalue weighted by atomic mass is 16.4. The van der Waals surface area contributed by atoms with Crippen LogP contribution in [0.3, 0.4) is 0 Å². The van der Waals surface area contributed by atoms with Gasteiger partial charge < -0.3 is 24.6 Å². The summed E-state index contributed by atoms with van der Waals surface area (Å²) in [6, 6.07) is 3.52. The van der Waals surface area contributed by atoms with Gasteiger partial charge in [-0.1, -0.05) is 0 Å². The number of piperidine rings is 1. The molecule has 2 aliphatic rings. The molecule has 1 unspecified atom stereocenters. The van der Waals surface area contributed by atoms with Crippen LogP contribution in [0.1, 0.15) is 38.1 Å². The molecule has 2 saturated heterocycles. The molecule has 0 aliphatic carbocycles. The van der Waals surface area contributed by atoms with Crippen LogP contribution in [0.25, 0.3) is 0 Å². The smallest absolute Gasteiger partial charge is 0.236 e. The van der Waals surface area contributed by atoms with E-state index in [1.165, 1.54) is 6.42 Å². The first-order valence-corrected chi connectivity index (χ1v) is 10.4. The van der Waals surface area contributed by atoms with E-state index in [4.69, 9.17) is 4.42 Å². The van der Waals surface area contributed by atoms with E-state index in [1.54, 1.807) is 18.4 Å². The van der Waals surface area contributed by atoms with E-state index in [-0.39, 0.29) is 12.5 Å². The molecule has 2 aliphatic heterocycles. The van der Waals surface area contributed by atoms with Gasteiger partial charge in [-0.25, -0.2) is 4.99 Å². The average Bonchev–Trinajstić information content (AvgIpc) is 3.27. The first-order chi connectivity index (χ1) is 13.7. The maximum atomic E-state index is 12.5. The summed E-state index contributed by atoms with van der Waals surface area (Å²) >= 11 is 0. The highest BCUT2D eigenvalue weighted by Gasteiger charge is 2.24. The fraction of sp³-hybridized carbons (Fsp3) is 0.700. The molecule has 3 heterocycles. The van der Waals surface area contributed by atoms with Crippen LogP contribution in [-0.4, -0.2) is 90.6 Å². The molecule has 156 valence electrons. The van der Waals surface area contributed by atoms with Gasteiger partial charge in [0.05, 0.1) is 19.4 Å². The normalized spacial score (nSPS) is 20.3. The Hall–Kier alpha value is -2.06. The summed E-state index contributed by atoms with van der Waals surface area (Å²) in [5, 5.41) is 13.5. The Bertz CT molecular complexity index is 620. The van der Waals surface area contributed by atoms with Crippen molar-refractivity contribution in [1.29, 1.82) is 0 Å². The predicted molar refractivity (Wildman–Crippen MR) is 108 cm³/mol. The minimum atomic E-state index is -0.743. The lowest BCUT2D eigenvalue weighted by Crippen LogP contribution is -2.54. The van der Waals surface area contributed by atoms with Gasteiger partial charge in [0.25, 0.3) is 0 Å². The van der Waals surface area contributed by atoms with Crippen LogP contribution in [0.2, 0.25) is 0 Å². The molecule has 0 bridgehead atoms. The molecule has 1 amide bonds. The second-order valence-electron chi connectivity index (χ2n) is 7.43. The quantitative estimate of drug-likeness (QED) is 0.554. The Kier molecular flexibility index (Phi) is 7.73. The Labute approximate surface area is 167 Å². The molecule has 0 spiro atoms. The molecule has 8 heteroatoms. The molecule has 2 N–H and O–H groups in total. The minimum absolute atomic E-state index is 0.253. The second kappa shape index (κ2) is 10.5. The number of aliphatic imine (C=N–C) groups is 1. The van der Waals surface area contributed by atoms with Crippen LogP contribution in [0.4, 0.5) is 0 Å². The van der Waals surface area contributed by atoms with Crippen molar-refractivity contribution < 1.29 is 14.3 Å². The van der Waals surface area contributed by atoms with Gasteiger partial charge in [0.2, 0.25) is 5.91 Å². The number of aliphatic hydroxyl groups is 1. The summed E-state index contributed by atoms with van der Waals surface area (Å²) in [6.07, 6.45) is 4.31. The van der Waals surface area contributed by atoms with Crippen LogP contribution in [0, 0.1) is 0 Å². The number of furan rings is 1. The topological polar surface area (TPSA) is 84.5 Å². The molecule has 8 nitrogen and oxygen atoms in total. The number of carbonyl (C=O) groups is 1. The first-order valence-electron chi connectivity index (χ1n) is 10.4. The number of hydrogen-bond donors (Lipinski definition) is 2. The van der Waals surface area contributed by atoms with E-state index in [0.29, 0.717) is 12.3 Å². The summed E-state index contributed by atoms with van der Waals surface area (Å²) in [5.41, 5.74) is 0. The van der Waals surface area contributed by atoms with Gasteiger partial charge in [0, 0.05) is 45.8 Å². The first kappa shape index (κ1) is 20.7. The molecular formula is C20H33N5O3. The Morgan fingerprint density at radius 3 is 2.57 bits per heavy atom. The van der Waals surface area contributed by atoms with Gasteiger partial charge >= 0.3 is 0 Å². The van der Waals surface area contributed by atoms with Gasteiger partial charge in [-0.15, -0.1) is 0 Å². The van der Waals surface area contributed by atoms with Crippen molar-refractivity contribution in [2.24, 2.45) is 4.99 Å². The summed E-state index contributed by atoms with van der Waals surface area (Å²) < 4.78 is 5.24. The lowest BCUT2D eigenvalue weighted by atomic mass is 10.1. The number of aliphatic hydroxyl groups excluding tert-OH is 1. The van der Waals surface area contributed by atoms with E-state index >= 15 is 0 Å². The van der Waals surface area contributed by atoms with E-state index in [9.17, 15) is 9.90 Å². The zero-order chi connectivity index (χ0) is 19.8. The maximum Gasteiger partial charge on any atom is 0.236 e. The van der Waals surface area contributed by atoms with Gasteiger partial charge in [0.15, 0.2) is 5.96 Å². The van der Waals surface area contributed by atoms with Crippen LogP contribution in [-0.2, 0) is 4.79 Å². The molecule has 0 aromatic carbocycles. The number of guanidine groups is 1. The Balaban J connectivity index is 1.48. The van der Waals surface area contributed by atoms with Crippen molar-refractivity contribution in [3.63, 3.8) is 0 Å². The number of likely N-dealkylation sites (tertiary alicyclic amines) is 1. The van der Waals surface area contributed by atoms with Crippen LogP contribution < -0.4 is 5.32 Å². The van der Waals surface area contributed by atoms with E-state index < -0.39 is 6.10 Å².